The number of aromatic nitrogens is 2. The van der Waals surface area contributed by atoms with Crippen LogP contribution in [0.25, 0.3) is 0 Å². The van der Waals surface area contributed by atoms with E-state index in [1.54, 1.807) is 20.3 Å². The Hall–Kier alpha value is -2.71. The summed E-state index contributed by atoms with van der Waals surface area (Å²) in [6, 6.07) is 6.51. The number of nitrogens with one attached hydrogen (secondary N) is 1. The fraction of sp³-hybridized carbons (Fsp3) is 0.474. The summed E-state index contributed by atoms with van der Waals surface area (Å²) in [5, 5.41) is 6.32. The zero-order valence-corrected chi connectivity index (χ0v) is 15.7. The van der Waals surface area contributed by atoms with E-state index in [-0.39, 0.29) is 18.4 Å². The summed E-state index contributed by atoms with van der Waals surface area (Å²) in [4.78, 5) is 12.2. The molecule has 1 aliphatic rings. The normalized spacial score (nSPS) is 14.0. The third-order valence-corrected chi connectivity index (χ3v) is 4.57. The third kappa shape index (κ3) is 4.76. The molecule has 1 saturated carbocycles. The van der Waals surface area contributed by atoms with E-state index in [1.807, 2.05) is 12.1 Å². The highest BCUT2D eigenvalue weighted by atomic mass is 19.4. The highest BCUT2D eigenvalue weighted by Gasteiger charge is 2.38. The van der Waals surface area contributed by atoms with E-state index in [9.17, 15) is 18.0 Å². The molecule has 152 valence electrons. The first kappa shape index (κ1) is 20.0. The van der Waals surface area contributed by atoms with E-state index in [0.29, 0.717) is 30.2 Å². The standard InChI is InChI=1S/C19H22F3N3O3/c1-27-15-6-3-12(9-16(15)28-2)7-8-23-18(26)11-25-14(13-4-5-13)10-17(24-25)19(20,21)22/h3,6,9-10,13H,4-5,7-8,11H2,1-2H3,(H,23,26). The van der Waals surface area contributed by atoms with Gasteiger partial charge in [-0.05, 0) is 43.0 Å². The maximum absolute atomic E-state index is 12.9. The molecule has 1 N–H and O–H groups in total. The van der Waals surface area contributed by atoms with Crippen molar-refractivity contribution in [3.05, 3.63) is 41.2 Å². The maximum Gasteiger partial charge on any atom is 0.435 e. The van der Waals surface area contributed by atoms with Gasteiger partial charge in [0.1, 0.15) is 6.54 Å². The predicted octanol–water partition coefficient (Wildman–Crippen LogP) is 3.16. The van der Waals surface area contributed by atoms with Crippen molar-refractivity contribution in [2.24, 2.45) is 0 Å². The largest absolute Gasteiger partial charge is 0.493 e. The summed E-state index contributed by atoms with van der Waals surface area (Å²) in [5.74, 6) is 0.890. The van der Waals surface area contributed by atoms with Crippen LogP contribution in [-0.4, -0.2) is 36.5 Å². The van der Waals surface area contributed by atoms with Crippen molar-refractivity contribution in [3.63, 3.8) is 0 Å². The fourth-order valence-electron chi connectivity index (χ4n) is 2.98. The van der Waals surface area contributed by atoms with Gasteiger partial charge in [0.25, 0.3) is 0 Å². The van der Waals surface area contributed by atoms with Crippen LogP contribution in [0.15, 0.2) is 24.3 Å². The number of carbonyl (C=O) groups excluding carboxylic acids is 1. The number of ether oxygens (including phenoxy) is 2. The molecule has 0 radical (unpaired) electrons. The Labute approximate surface area is 160 Å². The molecule has 1 aromatic carbocycles. The minimum atomic E-state index is -4.52. The molecular weight excluding hydrogens is 375 g/mol. The van der Waals surface area contributed by atoms with Crippen LogP contribution in [0.4, 0.5) is 13.2 Å². The Morgan fingerprint density at radius 1 is 1.21 bits per heavy atom. The summed E-state index contributed by atoms with van der Waals surface area (Å²) < 4.78 is 50.3. The second-order valence-corrected chi connectivity index (χ2v) is 6.67. The summed E-state index contributed by atoms with van der Waals surface area (Å²) >= 11 is 0. The lowest BCUT2D eigenvalue weighted by Crippen LogP contribution is -2.30. The smallest absolute Gasteiger partial charge is 0.435 e. The van der Waals surface area contributed by atoms with E-state index in [0.717, 1.165) is 24.5 Å². The summed E-state index contributed by atoms with van der Waals surface area (Å²) in [6.45, 7) is 0.119. The van der Waals surface area contributed by atoms with Gasteiger partial charge in [-0.25, -0.2) is 0 Å². The lowest BCUT2D eigenvalue weighted by molar-refractivity contribution is -0.141. The monoisotopic (exact) mass is 397 g/mol. The van der Waals surface area contributed by atoms with Crippen LogP contribution in [0, 0.1) is 0 Å². The zero-order valence-electron chi connectivity index (χ0n) is 15.7. The van der Waals surface area contributed by atoms with Crippen LogP contribution < -0.4 is 14.8 Å². The van der Waals surface area contributed by atoms with Crippen molar-refractivity contribution in [2.75, 3.05) is 20.8 Å². The Bertz CT molecular complexity index is 845. The maximum atomic E-state index is 12.9. The third-order valence-electron chi connectivity index (χ3n) is 4.57. The number of hydrogen-bond donors (Lipinski definition) is 1. The van der Waals surface area contributed by atoms with Gasteiger partial charge in [-0.15, -0.1) is 0 Å². The van der Waals surface area contributed by atoms with Crippen molar-refractivity contribution in [1.29, 1.82) is 0 Å². The first-order chi connectivity index (χ1) is 13.3. The van der Waals surface area contributed by atoms with Crippen molar-refractivity contribution in [3.8, 4) is 11.5 Å². The molecule has 0 atom stereocenters. The summed E-state index contributed by atoms with van der Waals surface area (Å²) in [5.41, 5.74) is 0.463. The predicted molar refractivity (Wildman–Crippen MR) is 95.5 cm³/mol. The number of carbonyl (C=O) groups is 1. The number of methoxy groups -OCH3 is 2. The molecule has 6 nitrogen and oxygen atoms in total. The molecule has 9 heteroatoms. The van der Waals surface area contributed by atoms with Gasteiger partial charge in [0.2, 0.25) is 5.91 Å². The molecular formula is C19H22F3N3O3. The number of halogens is 3. The number of nitrogens with zero attached hydrogens (tertiary/aromatic N) is 2. The highest BCUT2D eigenvalue weighted by Crippen LogP contribution is 2.42. The number of amides is 1. The van der Waals surface area contributed by atoms with Gasteiger partial charge >= 0.3 is 6.18 Å². The Balaban J connectivity index is 1.57. The quantitative estimate of drug-likeness (QED) is 0.743. The minimum Gasteiger partial charge on any atom is -0.493 e. The first-order valence-corrected chi connectivity index (χ1v) is 8.94. The molecule has 1 heterocycles. The molecule has 28 heavy (non-hydrogen) atoms. The molecule has 0 spiro atoms. The van der Waals surface area contributed by atoms with E-state index >= 15 is 0 Å². The molecule has 1 fully saturated rings. The average molecular weight is 397 g/mol. The van der Waals surface area contributed by atoms with Gasteiger partial charge in [0.05, 0.1) is 14.2 Å². The van der Waals surface area contributed by atoms with Gasteiger partial charge in [0, 0.05) is 18.2 Å². The van der Waals surface area contributed by atoms with Crippen molar-refractivity contribution in [1.82, 2.24) is 15.1 Å². The molecule has 0 bridgehead atoms. The fourth-order valence-corrected chi connectivity index (χ4v) is 2.98. The molecule has 1 aromatic heterocycles. The lowest BCUT2D eigenvalue weighted by Gasteiger charge is -2.11. The first-order valence-electron chi connectivity index (χ1n) is 8.94. The minimum absolute atomic E-state index is 0.0585. The van der Waals surface area contributed by atoms with Crippen molar-refractivity contribution < 1.29 is 27.4 Å². The van der Waals surface area contributed by atoms with E-state index < -0.39 is 11.9 Å². The van der Waals surface area contributed by atoms with Crippen LogP contribution in [0.5, 0.6) is 11.5 Å². The Kier molecular flexibility index (Phi) is 5.81. The zero-order chi connectivity index (χ0) is 20.3. The van der Waals surface area contributed by atoms with Gasteiger partial charge < -0.3 is 14.8 Å². The molecule has 1 aliphatic carbocycles. The van der Waals surface area contributed by atoms with Crippen LogP contribution in [-0.2, 0) is 23.9 Å². The van der Waals surface area contributed by atoms with E-state index in [2.05, 4.69) is 10.4 Å². The van der Waals surface area contributed by atoms with Crippen LogP contribution in [0.1, 0.15) is 35.7 Å². The molecule has 0 aliphatic heterocycles. The Morgan fingerprint density at radius 2 is 1.93 bits per heavy atom. The average Bonchev–Trinajstić information content (AvgIpc) is 3.40. The molecule has 0 unspecified atom stereocenters. The van der Waals surface area contributed by atoms with Gasteiger partial charge in [-0.1, -0.05) is 6.07 Å². The number of rotatable bonds is 8. The van der Waals surface area contributed by atoms with Crippen molar-refractivity contribution >= 4 is 5.91 Å². The van der Waals surface area contributed by atoms with E-state index in [1.165, 1.54) is 4.68 Å². The molecule has 1 amide bonds. The van der Waals surface area contributed by atoms with Gasteiger partial charge in [-0.3, -0.25) is 9.48 Å². The highest BCUT2D eigenvalue weighted by molar-refractivity contribution is 5.75. The van der Waals surface area contributed by atoms with Crippen molar-refractivity contribution in [2.45, 2.75) is 37.9 Å². The summed E-state index contributed by atoms with van der Waals surface area (Å²) in [6.07, 6.45) is -2.32. The lowest BCUT2D eigenvalue weighted by atomic mass is 10.1. The van der Waals surface area contributed by atoms with Crippen LogP contribution >= 0.6 is 0 Å². The molecule has 0 saturated heterocycles. The van der Waals surface area contributed by atoms with Gasteiger partial charge in [-0.2, -0.15) is 18.3 Å². The summed E-state index contributed by atoms with van der Waals surface area (Å²) in [7, 11) is 3.09. The van der Waals surface area contributed by atoms with Crippen LogP contribution in [0.3, 0.4) is 0 Å². The second kappa shape index (κ2) is 8.12. The molecule has 2 aromatic rings. The van der Waals surface area contributed by atoms with Gasteiger partial charge in [0.15, 0.2) is 17.2 Å². The Morgan fingerprint density at radius 3 is 2.54 bits per heavy atom. The van der Waals surface area contributed by atoms with Crippen LogP contribution in [0.2, 0.25) is 0 Å². The second-order valence-electron chi connectivity index (χ2n) is 6.67. The SMILES string of the molecule is COc1ccc(CCNC(=O)Cn2nc(C(F)(F)F)cc2C2CC2)cc1OC. The topological polar surface area (TPSA) is 65.4 Å². The molecule has 3 rings (SSSR count). The van der Waals surface area contributed by atoms with E-state index in [4.69, 9.17) is 9.47 Å². The number of alkyl halides is 3. The number of hydrogen-bond acceptors (Lipinski definition) is 4. The number of benzene rings is 1.